The van der Waals surface area contributed by atoms with Crippen molar-refractivity contribution in [3.63, 3.8) is 0 Å². The molecule has 53 heavy (non-hydrogen) atoms. The fourth-order valence-electron chi connectivity index (χ4n) is 9.28. The monoisotopic (exact) mass is 764 g/mol. The molecule has 4 aliphatic rings. The van der Waals surface area contributed by atoms with Crippen molar-refractivity contribution in [3.05, 3.63) is 65.5 Å². The van der Waals surface area contributed by atoms with E-state index in [9.17, 15) is 5.11 Å². The maximum Gasteiger partial charge on any atom is 0.203 e. The van der Waals surface area contributed by atoms with Gasteiger partial charge in [0.1, 0.15) is 5.76 Å². The Balaban J connectivity index is 1.32. The van der Waals surface area contributed by atoms with Crippen LogP contribution >= 0.6 is 0 Å². The van der Waals surface area contributed by atoms with Gasteiger partial charge in [0, 0.05) is 12.8 Å². The standard InChI is InChI=1S/C46H77NO4Si2/c1-15-16-19-36-31-47-42(49-36)46(27-28-46)41(48)25-20-32(2)38-23-24-39-34(18-17-26-45(38,39)10)21-22-35-29-37(50-52(11,12)43(4,5)6)30-40(33(35)3)51-53(13,14)44(7,8)9/h20-22,25,31-32,37-41,48H,3,15-19,23-24,26-30H2,1-2,4-14H3/b25-20+,34-21+,35-22-/t32-,37-,38-,39+,40+,41-,45-/m1/s1. The molecule has 0 radical (unpaired) electrons. The van der Waals surface area contributed by atoms with E-state index >= 15 is 0 Å². The molecule has 1 aromatic rings. The molecule has 5 rings (SSSR count). The van der Waals surface area contributed by atoms with Gasteiger partial charge < -0.3 is 18.4 Å². The highest BCUT2D eigenvalue weighted by Crippen LogP contribution is 2.60. The number of unbranched alkanes of at least 4 members (excludes halogenated alkanes) is 1. The number of hydrogen-bond donors (Lipinski definition) is 1. The van der Waals surface area contributed by atoms with Crippen molar-refractivity contribution in [2.45, 2.75) is 199 Å². The molecule has 4 fully saturated rings. The molecule has 4 saturated carbocycles. The van der Waals surface area contributed by atoms with Gasteiger partial charge in [-0.15, -0.1) is 0 Å². The molecular weight excluding hydrogens is 687 g/mol. The third-order valence-corrected chi connectivity index (χ3v) is 24.1. The summed E-state index contributed by atoms with van der Waals surface area (Å²) in [5.41, 5.74) is 4.02. The molecule has 1 aromatic heterocycles. The number of nitrogens with zero attached hydrogens (tertiary/aromatic N) is 1. The van der Waals surface area contributed by atoms with E-state index < -0.39 is 22.7 Å². The van der Waals surface area contributed by atoms with Gasteiger partial charge in [-0.25, -0.2) is 4.98 Å². The van der Waals surface area contributed by atoms with Crippen molar-refractivity contribution in [3.8, 4) is 0 Å². The second-order valence-electron chi connectivity index (χ2n) is 20.9. The second kappa shape index (κ2) is 15.8. The number of fused-ring (bicyclic) bond motifs is 1. The number of aromatic nitrogens is 1. The molecule has 0 saturated heterocycles. The van der Waals surface area contributed by atoms with Crippen LogP contribution < -0.4 is 0 Å². The fourth-order valence-corrected chi connectivity index (χ4v) is 12.0. The van der Waals surface area contributed by atoms with Crippen LogP contribution in [0.25, 0.3) is 0 Å². The van der Waals surface area contributed by atoms with E-state index in [0.29, 0.717) is 17.8 Å². The molecular formula is C46H77NO4Si2. The number of allylic oxidation sites excluding steroid dienone is 4. The summed E-state index contributed by atoms with van der Waals surface area (Å²) in [6.07, 6.45) is 23.8. The van der Waals surface area contributed by atoms with Crippen LogP contribution in [0.4, 0.5) is 0 Å². The highest BCUT2D eigenvalue weighted by atomic mass is 28.4. The largest absolute Gasteiger partial charge is 0.445 e. The fraction of sp³-hybridized carbons (Fsp3) is 0.761. The van der Waals surface area contributed by atoms with Crippen LogP contribution in [-0.2, 0) is 20.7 Å². The minimum atomic E-state index is -2.01. The molecule has 4 aliphatic carbocycles. The minimum Gasteiger partial charge on any atom is -0.445 e. The molecule has 298 valence electrons. The number of hydrogen-bond acceptors (Lipinski definition) is 5. The Morgan fingerprint density at radius 1 is 1.00 bits per heavy atom. The van der Waals surface area contributed by atoms with Gasteiger partial charge in [-0.3, -0.25) is 0 Å². The van der Waals surface area contributed by atoms with Gasteiger partial charge in [0.05, 0.1) is 29.9 Å². The van der Waals surface area contributed by atoms with E-state index in [1.54, 1.807) is 5.57 Å². The highest BCUT2D eigenvalue weighted by Gasteiger charge is 2.54. The van der Waals surface area contributed by atoms with Crippen molar-refractivity contribution < 1.29 is 18.4 Å². The highest BCUT2D eigenvalue weighted by molar-refractivity contribution is 6.74. The van der Waals surface area contributed by atoms with Crippen LogP contribution in [0.3, 0.4) is 0 Å². The van der Waals surface area contributed by atoms with Gasteiger partial charge in [-0.05, 0) is 128 Å². The summed E-state index contributed by atoms with van der Waals surface area (Å²) in [4.78, 5) is 4.63. The van der Waals surface area contributed by atoms with Crippen molar-refractivity contribution in [1.29, 1.82) is 0 Å². The molecule has 0 aliphatic heterocycles. The van der Waals surface area contributed by atoms with Crippen LogP contribution in [0.5, 0.6) is 0 Å². The van der Waals surface area contributed by atoms with Crippen molar-refractivity contribution >= 4 is 16.6 Å². The van der Waals surface area contributed by atoms with Gasteiger partial charge in [-0.1, -0.05) is 105 Å². The number of aliphatic hydroxyl groups excluding tert-OH is 1. The Bertz CT molecular complexity index is 1530. The van der Waals surface area contributed by atoms with Crippen LogP contribution in [0.1, 0.15) is 145 Å². The molecule has 7 atom stereocenters. The molecule has 1 heterocycles. The first-order valence-corrected chi connectivity index (χ1v) is 27.1. The van der Waals surface area contributed by atoms with Gasteiger partial charge in [0.2, 0.25) is 5.89 Å². The lowest BCUT2D eigenvalue weighted by molar-refractivity contribution is 0.0969. The van der Waals surface area contributed by atoms with E-state index in [4.69, 9.17) is 19.8 Å². The zero-order chi connectivity index (χ0) is 39.2. The third-order valence-electron chi connectivity index (χ3n) is 15.1. The summed E-state index contributed by atoms with van der Waals surface area (Å²) in [7, 11) is -3.97. The quantitative estimate of drug-likeness (QED) is 0.160. The lowest BCUT2D eigenvalue weighted by Crippen LogP contribution is -2.49. The predicted molar refractivity (Wildman–Crippen MR) is 227 cm³/mol. The van der Waals surface area contributed by atoms with E-state index in [2.05, 4.69) is 118 Å². The Labute approximate surface area is 326 Å². The summed E-state index contributed by atoms with van der Waals surface area (Å²) in [6.45, 7) is 35.3. The predicted octanol–water partition coefficient (Wildman–Crippen LogP) is 12.8. The summed E-state index contributed by atoms with van der Waals surface area (Å²) >= 11 is 0. The maximum atomic E-state index is 11.4. The van der Waals surface area contributed by atoms with Crippen molar-refractivity contribution in [1.82, 2.24) is 4.98 Å². The SMILES string of the molecule is C=C1/C(=C\C=C2/CCC[C@]3(C)[C@@H]([C@H](C)/C=C/[C@@H](O)C4(c5ncc(CCCC)o5)CC4)CC[C@@H]23)C[C@@H](O[Si](C)(C)C(C)(C)C)C[C@@H]1O[Si](C)(C)C(C)(C)C. The van der Waals surface area contributed by atoms with E-state index in [0.717, 1.165) is 62.2 Å². The van der Waals surface area contributed by atoms with E-state index in [1.165, 1.54) is 37.7 Å². The summed E-state index contributed by atoms with van der Waals surface area (Å²) in [5, 5.41) is 11.7. The zero-order valence-corrected chi connectivity index (χ0v) is 38.2. The van der Waals surface area contributed by atoms with Crippen molar-refractivity contribution in [2.75, 3.05) is 0 Å². The Morgan fingerprint density at radius 3 is 2.28 bits per heavy atom. The minimum absolute atomic E-state index is 0.000910. The van der Waals surface area contributed by atoms with Crippen LogP contribution in [0.2, 0.25) is 36.3 Å². The summed E-state index contributed by atoms with van der Waals surface area (Å²) in [6, 6.07) is 0. The zero-order valence-electron chi connectivity index (χ0n) is 36.2. The number of aliphatic hydroxyl groups is 1. The Hall–Kier alpha value is -1.52. The van der Waals surface area contributed by atoms with Gasteiger partial charge in [-0.2, -0.15) is 0 Å². The van der Waals surface area contributed by atoms with Crippen LogP contribution in [0, 0.1) is 23.2 Å². The summed E-state index contributed by atoms with van der Waals surface area (Å²) < 4.78 is 20.4. The second-order valence-corrected chi connectivity index (χ2v) is 30.5. The normalized spacial score (nSPS) is 31.0. The first-order valence-electron chi connectivity index (χ1n) is 21.3. The van der Waals surface area contributed by atoms with Gasteiger partial charge in [0.25, 0.3) is 0 Å². The van der Waals surface area contributed by atoms with E-state index in [-0.39, 0.29) is 33.1 Å². The van der Waals surface area contributed by atoms with Crippen molar-refractivity contribution in [2.24, 2.45) is 23.2 Å². The lowest BCUT2D eigenvalue weighted by Gasteiger charge is -2.45. The molecule has 0 unspecified atom stereocenters. The molecule has 5 nitrogen and oxygen atoms in total. The van der Waals surface area contributed by atoms with E-state index in [1.807, 2.05) is 6.20 Å². The average molecular weight is 764 g/mol. The molecule has 1 N–H and O–H groups in total. The number of oxazole rings is 1. The lowest BCUT2D eigenvalue weighted by atomic mass is 9.61. The number of rotatable bonds is 13. The molecule has 0 aromatic carbocycles. The molecule has 0 spiro atoms. The topological polar surface area (TPSA) is 64.7 Å². The first kappa shape index (κ1) is 42.6. The smallest absolute Gasteiger partial charge is 0.203 e. The molecule has 7 heteroatoms. The first-order chi connectivity index (χ1) is 24.5. The van der Waals surface area contributed by atoms with Crippen LogP contribution in [0.15, 0.2) is 58.2 Å². The molecule has 0 bridgehead atoms. The Kier molecular flexibility index (Phi) is 12.7. The van der Waals surface area contributed by atoms with Gasteiger partial charge in [0.15, 0.2) is 16.6 Å². The third kappa shape index (κ3) is 9.05. The van der Waals surface area contributed by atoms with Gasteiger partial charge >= 0.3 is 0 Å². The molecule has 0 amide bonds. The van der Waals surface area contributed by atoms with Crippen LogP contribution in [-0.4, -0.2) is 45.0 Å². The maximum absolute atomic E-state index is 11.4. The number of aryl methyl sites for hydroxylation is 1. The average Bonchev–Trinajstić information content (AvgIpc) is 3.58. The Morgan fingerprint density at radius 2 is 1.66 bits per heavy atom. The summed E-state index contributed by atoms with van der Waals surface area (Å²) in [5.74, 6) is 3.27.